The van der Waals surface area contributed by atoms with Crippen molar-refractivity contribution in [2.24, 2.45) is 0 Å². The third-order valence-corrected chi connectivity index (χ3v) is 7.67. The Morgan fingerprint density at radius 1 is 0.879 bits per heavy atom. The number of amides is 1. The third-order valence-electron chi connectivity index (χ3n) is 5.84. The first-order valence-corrected chi connectivity index (χ1v) is 12.2. The summed E-state index contributed by atoms with van der Waals surface area (Å²) in [5.41, 5.74) is 3.53. The van der Waals surface area contributed by atoms with Gasteiger partial charge in [0.2, 0.25) is 10.0 Å². The number of hydrogen-bond acceptors (Lipinski definition) is 6. The molecule has 1 fully saturated rings. The van der Waals surface area contributed by atoms with Crippen molar-refractivity contribution in [2.75, 3.05) is 45.2 Å². The van der Waals surface area contributed by atoms with Crippen LogP contribution in [0.15, 0.2) is 65.6 Å². The monoisotopic (exact) mass is 465 g/mol. The maximum atomic E-state index is 12.9. The fourth-order valence-corrected chi connectivity index (χ4v) is 4.70. The molecular weight excluding hydrogens is 438 g/mol. The molecule has 2 heterocycles. The first kappa shape index (κ1) is 22.9. The summed E-state index contributed by atoms with van der Waals surface area (Å²) in [6.45, 7) is 4.46. The highest BCUT2D eigenvalue weighted by Crippen LogP contribution is 2.23. The van der Waals surface area contributed by atoms with Crippen LogP contribution in [0, 0.1) is 6.92 Å². The molecule has 1 aliphatic heterocycles. The number of sulfonamides is 1. The van der Waals surface area contributed by atoms with Crippen LogP contribution in [-0.2, 0) is 10.0 Å². The zero-order valence-corrected chi connectivity index (χ0v) is 19.8. The Morgan fingerprint density at radius 2 is 1.55 bits per heavy atom. The predicted molar refractivity (Wildman–Crippen MR) is 128 cm³/mol. The van der Waals surface area contributed by atoms with Gasteiger partial charge in [-0.25, -0.2) is 12.7 Å². The molecule has 0 saturated carbocycles. The summed E-state index contributed by atoms with van der Waals surface area (Å²) in [5, 5.41) is 8.81. The molecule has 0 bridgehead atoms. The number of anilines is 1. The highest BCUT2D eigenvalue weighted by Gasteiger charge is 2.24. The molecule has 1 amide bonds. The summed E-state index contributed by atoms with van der Waals surface area (Å²) in [5.74, 6) is 0.683. The molecule has 9 heteroatoms. The Balaban J connectivity index is 1.39. The van der Waals surface area contributed by atoms with Gasteiger partial charge in [0.05, 0.1) is 10.6 Å². The number of hydrogen-bond donors (Lipinski definition) is 0. The zero-order chi connectivity index (χ0) is 23.6. The second-order valence-electron chi connectivity index (χ2n) is 8.18. The molecule has 8 nitrogen and oxygen atoms in total. The smallest absolute Gasteiger partial charge is 0.253 e. The first-order chi connectivity index (χ1) is 15.8. The fraction of sp³-hybridized carbons (Fsp3) is 0.292. The number of nitrogens with zero attached hydrogens (tertiary/aromatic N) is 5. The lowest BCUT2D eigenvalue weighted by atomic mass is 10.1. The van der Waals surface area contributed by atoms with Crippen molar-refractivity contribution in [3.63, 3.8) is 0 Å². The standard InChI is InChI=1S/C24H27N5O3S/c1-18-6-4-5-7-21(18)22-12-13-23(26-25-22)28-14-16-29(17-15-28)24(30)19-8-10-20(11-9-19)33(31,32)27(2)3/h4-13H,14-17H2,1-3H3. The van der Waals surface area contributed by atoms with Gasteiger partial charge < -0.3 is 9.80 Å². The van der Waals surface area contributed by atoms with Gasteiger partial charge in [-0.2, -0.15) is 0 Å². The van der Waals surface area contributed by atoms with E-state index in [9.17, 15) is 13.2 Å². The second kappa shape index (κ2) is 9.29. The summed E-state index contributed by atoms with van der Waals surface area (Å²) < 4.78 is 25.6. The lowest BCUT2D eigenvalue weighted by Crippen LogP contribution is -2.49. The van der Waals surface area contributed by atoms with E-state index in [1.807, 2.05) is 30.3 Å². The van der Waals surface area contributed by atoms with Crippen molar-refractivity contribution < 1.29 is 13.2 Å². The largest absolute Gasteiger partial charge is 0.352 e. The van der Waals surface area contributed by atoms with Crippen molar-refractivity contribution >= 4 is 21.7 Å². The van der Waals surface area contributed by atoms with Crippen LogP contribution in [0.4, 0.5) is 5.82 Å². The third kappa shape index (κ3) is 4.74. The van der Waals surface area contributed by atoms with E-state index in [0.29, 0.717) is 31.7 Å². The average Bonchev–Trinajstić information content (AvgIpc) is 2.84. The van der Waals surface area contributed by atoms with Crippen LogP contribution < -0.4 is 4.90 Å². The van der Waals surface area contributed by atoms with Crippen LogP contribution >= 0.6 is 0 Å². The van der Waals surface area contributed by atoms with E-state index < -0.39 is 10.0 Å². The van der Waals surface area contributed by atoms with Gasteiger partial charge in [0, 0.05) is 51.4 Å². The van der Waals surface area contributed by atoms with Gasteiger partial charge in [0.15, 0.2) is 5.82 Å². The molecule has 1 aromatic heterocycles. The number of aryl methyl sites for hydroxylation is 1. The van der Waals surface area contributed by atoms with E-state index in [2.05, 4.69) is 28.1 Å². The predicted octanol–water partition coefficient (Wildman–Crippen LogP) is 2.66. The SMILES string of the molecule is Cc1ccccc1-c1ccc(N2CCN(C(=O)c3ccc(S(=O)(=O)N(C)C)cc3)CC2)nn1. The number of rotatable bonds is 5. The van der Waals surface area contributed by atoms with E-state index in [-0.39, 0.29) is 10.8 Å². The van der Waals surface area contributed by atoms with Crippen LogP contribution in [0.5, 0.6) is 0 Å². The van der Waals surface area contributed by atoms with Crippen LogP contribution in [0.3, 0.4) is 0 Å². The van der Waals surface area contributed by atoms with Gasteiger partial charge in [-0.3, -0.25) is 4.79 Å². The van der Waals surface area contributed by atoms with E-state index >= 15 is 0 Å². The zero-order valence-electron chi connectivity index (χ0n) is 19.0. The molecule has 0 spiro atoms. The average molecular weight is 466 g/mol. The second-order valence-corrected chi connectivity index (χ2v) is 10.3. The van der Waals surface area contributed by atoms with Gasteiger partial charge in [-0.05, 0) is 48.9 Å². The molecular formula is C24H27N5O3S. The fourth-order valence-electron chi connectivity index (χ4n) is 3.80. The molecule has 0 atom stereocenters. The van der Waals surface area contributed by atoms with Gasteiger partial charge in [0.1, 0.15) is 0 Å². The highest BCUT2D eigenvalue weighted by atomic mass is 32.2. The molecule has 0 unspecified atom stereocenters. The lowest BCUT2D eigenvalue weighted by molar-refractivity contribution is 0.0746. The minimum atomic E-state index is -3.52. The summed E-state index contributed by atoms with van der Waals surface area (Å²) in [4.78, 5) is 17.0. The lowest BCUT2D eigenvalue weighted by Gasteiger charge is -2.35. The summed E-state index contributed by atoms with van der Waals surface area (Å²) in [6.07, 6.45) is 0. The molecule has 172 valence electrons. The number of benzene rings is 2. The molecule has 0 aliphatic carbocycles. The van der Waals surface area contributed by atoms with E-state index in [4.69, 9.17) is 0 Å². The topological polar surface area (TPSA) is 86.7 Å². The van der Waals surface area contributed by atoms with Crippen molar-refractivity contribution in [2.45, 2.75) is 11.8 Å². The Labute approximate surface area is 194 Å². The minimum absolute atomic E-state index is 0.107. The van der Waals surface area contributed by atoms with Crippen LogP contribution in [0.2, 0.25) is 0 Å². The molecule has 33 heavy (non-hydrogen) atoms. The molecule has 2 aromatic carbocycles. The molecule has 1 saturated heterocycles. The maximum Gasteiger partial charge on any atom is 0.253 e. The Kier molecular flexibility index (Phi) is 6.44. The van der Waals surface area contributed by atoms with E-state index in [1.165, 1.54) is 26.2 Å². The molecule has 3 aromatic rings. The number of aromatic nitrogens is 2. The summed E-state index contributed by atoms with van der Waals surface area (Å²) >= 11 is 0. The Hall–Kier alpha value is -3.30. The van der Waals surface area contributed by atoms with Crippen molar-refractivity contribution in [1.82, 2.24) is 19.4 Å². The minimum Gasteiger partial charge on any atom is -0.352 e. The van der Waals surface area contributed by atoms with Gasteiger partial charge >= 0.3 is 0 Å². The Bertz CT molecular complexity index is 1230. The van der Waals surface area contributed by atoms with Crippen LogP contribution in [0.1, 0.15) is 15.9 Å². The van der Waals surface area contributed by atoms with Gasteiger partial charge in [-0.15, -0.1) is 10.2 Å². The molecule has 1 aliphatic rings. The van der Waals surface area contributed by atoms with Crippen molar-refractivity contribution in [3.05, 3.63) is 71.8 Å². The molecule has 0 radical (unpaired) electrons. The van der Waals surface area contributed by atoms with Crippen molar-refractivity contribution in [1.29, 1.82) is 0 Å². The normalized spacial score (nSPS) is 14.5. The van der Waals surface area contributed by atoms with Crippen LogP contribution in [0.25, 0.3) is 11.3 Å². The van der Waals surface area contributed by atoms with E-state index in [0.717, 1.165) is 26.9 Å². The van der Waals surface area contributed by atoms with Crippen LogP contribution in [-0.4, -0.2) is 74.0 Å². The van der Waals surface area contributed by atoms with Crippen molar-refractivity contribution in [3.8, 4) is 11.3 Å². The molecule has 0 N–H and O–H groups in total. The number of carbonyl (C=O) groups excluding carboxylic acids is 1. The summed E-state index contributed by atoms with van der Waals surface area (Å²) in [7, 11) is -0.555. The Morgan fingerprint density at radius 3 is 2.12 bits per heavy atom. The summed E-state index contributed by atoms with van der Waals surface area (Å²) in [6, 6.07) is 18.1. The quantitative estimate of drug-likeness (QED) is 0.576. The molecule has 4 rings (SSSR count). The highest BCUT2D eigenvalue weighted by molar-refractivity contribution is 7.89. The number of piperazine rings is 1. The maximum absolute atomic E-state index is 12.9. The van der Waals surface area contributed by atoms with E-state index in [1.54, 1.807) is 17.0 Å². The first-order valence-electron chi connectivity index (χ1n) is 10.7. The van der Waals surface area contributed by atoms with Gasteiger partial charge in [-0.1, -0.05) is 24.3 Å². The number of carbonyl (C=O) groups is 1. The van der Waals surface area contributed by atoms with Gasteiger partial charge in [0.25, 0.3) is 5.91 Å².